The zero-order valence-electron chi connectivity index (χ0n) is 9.17. The Hall–Kier alpha value is -0.340. The fraction of sp³-hybridized carbons (Fsp3) is 0.538. The summed E-state index contributed by atoms with van der Waals surface area (Å²) in [6.45, 7) is 2.32. The maximum absolute atomic E-state index is 6.48. The Bertz CT molecular complexity index is 323. The second kappa shape index (κ2) is 4.26. The molecule has 1 fully saturated rings. The van der Waals surface area contributed by atoms with Crippen LogP contribution in [-0.4, -0.2) is 0 Å². The van der Waals surface area contributed by atoms with Gasteiger partial charge in [-0.15, -0.1) is 0 Å². The van der Waals surface area contributed by atoms with Crippen LogP contribution in [0.3, 0.4) is 0 Å². The van der Waals surface area contributed by atoms with Gasteiger partial charge in [0, 0.05) is 10.0 Å². The maximum Gasteiger partial charge on any atom is 0.0409 e. The Morgan fingerprint density at radius 2 is 1.73 bits per heavy atom. The van der Waals surface area contributed by atoms with Crippen LogP contribution in [0.25, 0.3) is 0 Å². The topological polar surface area (TPSA) is 26.0 Å². The van der Waals surface area contributed by atoms with E-state index in [2.05, 4.69) is 47.1 Å². The van der Waals surface area contributed by atoms with Crippen LogP contribution >= 0.6 is 15.9 Å². The molecule has 15 heavy (non-hydrogen) atoms. The Kier molecular flexibility index (Phi) is 3.17. The van der Waals surface area contributed by atoms with Gasteiger partial charge in [0.1, 0.15) is 0 Å². The van der Waals surface area contributed by atoms with E-state index in [4.69, 9.17) is 5.73 Å². The minimum Gasteiger partial charge on any atom is -0.321 e. The lowest BCUT2D eigenvalue weighted by Gasteiger charge is -2.36. The first kappa shape index (κ1) is 11.2. The van der Waals surface area contributed by atoms with Crippen molar-refractivity contribution in [3.63, 3.8) is 0 Å². The van der Waals surface area contributed by atoms with E-state index in [1.54, 1.807) is 0 Å². The Labute approximate surface area is 100 Å². The van der Waals surface area contributed by atoms with Crippen LogP contribution in [0.1, 0.15) is 38.2 Å². The summed E-state index contributed by atoms with van der Waals surface area (Å²) in [6.07, 6.45) is 4.75. The molecule has 0 spiro atoms. The van der Waals surface area contributed by atoms with Crippen molar-refractivity contribution in [1.29, 1.82) is 0 Å². The summed E-state index contributed by atoms with van der Waals surface area (Å²) in [5.74, 6) is 0.845. The quantitative estimate of drug-likeness (QED) is 0.823. The first-order valence-corrected chi connectivity index (χ1v) is 6.44. The highest BCUT2D eigenvalue weighted by Crippen LogP contribution is 2.37. The van der Waals surface area contributed by atoms with Crippen LogP contribution < -0.4 is 5.73 Å². The van der Waals surface area contributed by atoms with Crippen molar-refractivity contribution in [3.8, 4) is 0 Å². The molecule has 1 aliphatic rings. The molecule has 0 amide bonds. The lowest BCUT2D eigenvalue weighted by atomic mass is 9.74. The van der Waals surface area contributed by atoms with E-state index in [0.717, 1.165) is 23.2 Å². The van der Waals surface area contributed by atoms with Crippen molar-refractivity contribution in [1.82, 2.24) is 0 Å². The van der Waals surface area contributed by atoms with E-state index < -0.39 is 0 Å². The van der Waals surface area contributed by atoms with Crippen LogP contribution in [0.15, 0.2) is 28.7 Å². The zero-order valence-corrected chi connectivity index (χ0v) is 10.8. The van der Waals surface area contributed by atoms with Crippen molar-refractivity contribution in [3.05, 3.63) is 34.3 Å². The van der Waals surface area contributed by atoms with Crippen molar-refractivity contribution in [2.75, 3.05) is 0 Å². The predicted octanol–water partition coefficient (Wildman–Crippen LogP) is 3.81. The molecule has 1 aromatic carbocycles. The molecule has 0 unspecified atom stereocenters. The fourth-order valence-corrected chi connectivity index (χ4v) is 2.61. The second-order valence-corrected chi connectivity index (χ2v) is 5.76. The van der Waals surface area contributed by atoms with Crippen molar-refractivity contribution in [2.45, 2.75) is 38.1 Å². The summed E-state index contributed by atoms with van der Waals surface area (Å²) in [4.78, 5) is 0. The normalized spacial score (nSPS) is 31.5. The smallest absolute Gasteiger partial charge is 0.0409 e. The Morgan fingerprint density at radius 1 is 1.20 bits per heavy atom. The number of rotatable bonds is 1. The van der Waals surface area contributed by atoms with E-state index in [-0.39, 0.29) is 5.54 Å². The summed E-state index contributed by atoms with van der Waals surface area (Å²) in [5, 5.41) is 0. The van der Waals surface area contributed by atoms with Gasteiger partial charge in [-0.2, -0.15) is 0 Å². The molecule has 82 valence electrons. The third-order valence-corrected chi connectivity index (χ3v) is 4.11. The minimum absolute atomic E-state index is 0.0762. The Morgan fingerprint density at radius 3 is 2.27 bits per heavy atom. The van der Waals surface area contributed by atoms with Gasteiger partial charge >= 0.3 is 0 Å². The number of halogens is 1. The molecule has 1 aromatic rings. The minimum atomic E-state index is -0.0762. The van der Waals surface area contributed by atoms with Crippen LogP contribution in [0.5, 0.6) is 0 Å². The highest BCUT2D eigenvalue weighted by Gasteiger charge is 2.31. The molecule has 0 heterocycles. The fourth-order valence-electron chi connectivity index (χ4n) is 2.35. The summed E-state index contributed by atoms with van der Waals surface area (Å²) in [7, 11) is 0. The summed E-state index contributed by atoms with van der Waals surface area (Å²) < 4.78 is 1.12. The molecule has 0 aliphatic heterocycles. The Balaban J connectivity index is 2.18. The van der Waals surface area contributed by atoms with Gasteiger partial charge in [-0.05, 0) is 49.3 Å². The van der Waals surface area contributed by atoms with Gasteiger partial charge in [0.15, 0.2) is 0 Å². The van der Waals surface area contributed by atoms with Crippen molar-refractivity contribution >= 4 is 15.9 Å². The summed E-state index contributed by atoms with van der Waals surface area (Å²) in [5.41, 5.74) is 7.69. The van der Waals surface area contributed by atoms with Crippen LogP contribution in [0.4, 0.5) is 0 Å². The molecule has 0 atom stereocenters. The molecule has 2 heteroatoms. The third-order valence-electron chi connectivity index (χ3n) is 3.59. The number of nitrogens with two attached hydrogens (primary N) is 1. The molecule has 2 N–H and O–H groups in total. The van der Waals surface area contributed by atoms with Gasteiger partial charge in [0.25, 0.3) is 0 Å². The molecule has 0 saturated heterocycles. The van der Waals surface area contributed by atoms with E-state index in [9.17, 15) is 0 Å². The number of hydrogen-bond donors (Lipinski definition) is 1. The molecule has 0 aromatic heterocycles. The highest BCUT2D eigenvalue weighted by atomic mass is 79.9. The van der Waals surface area contributed by atoms with Crippen LogP contribution in [0.2, 0.25) is 0 Å². The average molecular weight is 268 g/mol. The molecular formula is C13H18BrN. The van der Waals surface area contributed by atoms with E-state index in [1.165, 1.54) is 18.4 Å². The first-order chi connectivity index (χ1) is 7.10. The molecular weight excluding hydrogens is 250 g/mol. The van der Waals surface area contributed by atoms with Gasteiger partial charge in [-0.25, -0.2) is 0 Å². The second-order valence-electron chi connectivity index (χ2n) is 4.85. The summed E-state index contributed by atoms with van der Waals surface area (Å²) >= 11 is 3.46. The third kappa shape index (κ3) is 2.43. The lowest BCUT2D eigenvalue weighted by Crippen LogP contribution is -2.40. The van der Waals surface area contributed by atoms with Crippen LogP contribution in [-0.2, 0) is 5.54 Å². The van der Waals surface area contributed by atoms with Crippen molar-refractivity contribution < 1.29 is 0 Å². The van der Waals surface area contributed by atoms with Gasteiger partial charge in [0.2, 0.25) is 0 Å². The maximum atomic E-state index is 6.48. The van der Waals surface area contributed by atoms with Gasteiger partial charge in [-0.1, -0.05) is 35.0 Å². The highest BCUT2D eigenvalue weighted by molar-refractivity contribution is 9.10. The number of hydrogen-bond acceptors (Lipinski definition) is 1. The number of benzene rings is 1. The van der Waals surface area contributed by atoms with E-state index in [0.29, 0.717) is 0 Å². The molecule has 1 aliphatic carbocycles. The summed E-state index contributed by atoms with van der Waals surface area (Å²) in [6, 6.07) is 8.48. The predicted molar refractivity (Wildman–Crippen MR) is 67.6 cm³/mol. The van der Waals surface area contributed by atoms with Gasteiger partial charge in [-0.3, -0.25) is 0 Å². The molecule has 1 saturated carbocycles. The zero-order chi connectivity index (χ0) is 10.9. The first-order valence-electron chi connectivity index (χ1n) is 5.65. The van der Waals surface area contributed by atoms with E-state index >= 15 is 0 Å². The monoisotopic (exact) mass is 267 g/mol. The molecule has 0 radical (unpaired) electrons. The lowest BCUT2D eigenvalue weighted by molar-refractivity contribution is 0.248. The van der Waals surface area contributed by atoms with Crippen molar-refractivity contribution in [2.24, 2.45) is 11.7 Å². The van der Waals surface area contributed by atoms with E-state index in [1.807, 2.05) is 0 Å². The SMILES string of the molecule is CC1CCC(N)(c2ccc(Br)cc2)CC1. The molecule has 2 rings (SSSR count). The van der Waals surface area contributed by atoms with Crippen LogP contribution in [0, 0.1) is 5.92 Å². The molecule has 1 nitrogen and oxygen atoms in total. The van der Waals surface area contributed by atoms with Gasteiger partial charge in [0.05, 0.1) is 0 Å². The molecule has 0 bridgehead atoms. The average Bonchev–Trinajstić information content (AvgIpc) is 2.24. The largest absolute Gasteiger partial charge is 0.321 e. The van der Waals surface area contributed by atoms with Gasteiger partial charge < -0.3 is 5.73 Å². The standard InChI is InChI=1S/C13H18BrN/c1-10-6-8-13(15,9-7-10)11-2-4-12(14)5-3-11/h2-5,10H,6-9,15H2,1H3.